The van der Waals surface area contributed by atoms with Crippen molar-refractivity contribution in [2.75, 3.05) is 14.2 Å². The van der Waals surface area contributed by atoms with Crippen molar-refractivity contribution >= 4 is 26.7 Å². The molecule has 0 saturated carbocycles. The minimum Gasteiger partial charge on any atom is -0.497 e. The topological polar surface area (TPSA) is 138 Å². The van der Waals surface area contributed by atoms with Gasteiger partial charge < -0.3 is 9.47 Å². The summed E-state index contributed by atoms with van der Waals surface area (Å²) in [5.41, 5.74) is 1.44. The normalized spacial score (nSPS) is 11.5. The Morgan fingerprint density at radius 1 is 1.09 bits per heavy atom. The number of hydrogen-bond acceptors (Lipinski definition) is 8. The van der Waals surface area contributed by atoms with Crippen LogP contribution in [0.15, 0.2) is 65.8 Å². The molecule has 0 amide bonds. The van der Waals surface area contributed by atoms with E-state index in [1.54, 1.807) is 42.7 Å². The van der Waals surface area contributed by atoms with Crippen LogP contribution in [0.1, 0.15) is 5.56 Å². The molecule has 2 aromatic carbocycles. The summed E-state index contributed by atoms with van der Waals surface area (Å²) in [6.07, 6.45) is 3.15. The molecule has 0 fully saturated rings. The molecule has 0 radical (unpaired) electrons. The lowest BCUT2D eigenvalue weighted by molar-refractivity contribution is -0.385. The molecule has 0 unspecified atom stereocenters. The van der Waals surface area contributed by atoms with Crippen molar-refractivity contribution < 1.29 is 22.8 Å². The smallest absolute Gasteiger partial charge is 0.270 e. The molecule has 0 bridgehead atoms. The highest BCUT2D eigenvalue weighted by Gasteiger charge is 2.24. The van der Waals surface area contributed by atoms with Gasteiger partial charge in [0.05, 0.1) is 31.0 Å². The third-order valence-electron chi connectivity index (χ3n) is 4.91. The van der Waals surface area contributed by atoms with Crippen LogP contribution in [-0.2, 0) is 16.6 Å². The minimum atomic E-state index is -4.19. The largest absolute Gasteiger partial charge is 0.497 e. The molecule has 170 valence electrons. The minimum absolute atomic E-state index is 0.111. The van der Waals surface area contributed by atoms with Gasteiger partial charge in [0.15, 0.2) is 0 Å². The Morgan fingerprint density at radius 2 is 1.91 bits per heavy atom. The van der Waals surface area contributed by atoms with Crippen LogP contribution in [0.3, 0.4) is 0 Å². The summed E-state index contributed by atoms with van der Waals surface area (Å²) >= 11 is 0. The Balaban J connectivity index is 1.74. The van der Waals surface area contributed by atoms with Crippen LogP contribution >= 0.6 is 0 Å². The number of nitro groups is 1. The molecule has 11 nitrogen and oxygen atoms in total. The average Bonchev–Trinajstić information content (AvgIpc) is 3.26. The Labute approximate surface area is 188 Å². The van der Waals surface area contributed by atoms with E-state index in [9.17, 15) is 18.5 Å². The van der Waals surface area contributed by atoms with Gasteiger partial charge in [-0.05, 0) is 24.3 Å². The van der Waals surface area contributed by atoms with Crippen LogP contribution in [0.4, 0.5) is 5.69 Å². The number of benzene rings is 2. The van der Waals surface area contributed by atoms with Gasteiger partial charge in [0.2, 0.25) is 10.0 Å². The summed E-state index contributed by atoms with van der Waals surface area (Å²) in [7, 11) is -1.22. The molecule has 12 heteroatoms. The van der Waals surface area contributed by atoms with Crippen molar-refractivity contribution in [3.63, 3.8) is 0 Å². The maximum Gasteiger partial charge on any atom is 0.270 e. The Kier molecular flexibility index (Phi) is 5.94. The van der Waals surface area contributed by atoms with E-state index in [2.05, 4.69) is 14.8 Å². The quantitative estimate of drug-likeness (QED) is 0.307. The van der Waals surface area contributed by atoms with Crippen LogP contribution < -0.4 is 14.2 Å². The predicted octanol–water partition coefficient (Wildman–Crippen LogP) is 2.82. The first-order valence-electron chi connectivity index (χ1n) is 9.62. The van der Waals surface area contributed by atoms with Crippen LogP contribution in [0, 0.1) is 10.1 Å². The van der Waals surface area contributed by atoms with E-state index in [0.717, 1.165) is 6.07 Å². The second-order valence-electron chi connectivity index (χ2n) is 6.89. The summed E-state index contributed by atoms with van der Waals surface area (Å²) in [5, 5.41) is 15.7. The fourth-order valence-electron chi connectivity index (χ4n) is 3.25. The maximum atomic E-state index is 13.3. The summed E-state index contributed by atoms with van der Waals surface area (Å²) in [5.74, 6) is 0.986. The zero-order valence-electron chi connectivity index (χ0n) is 17.6. The van der Waals surface area contributed by atoms with E-state index >= 15 is 0 Å². The van der Waals surface area contributed by atoms with Crippen LogP contribution in [0.5, 0.6) is 11.5 Å². The van der Waals surface area contributed by atoms with Gasteiger partial charge >= 0.3 is 0 Å². The van der Waals surface area contributed by atoms with Gasteiger partial charge in [-0.15, -0.1) is 0 Å². The first kappa shape index (κ1) is 22.2. The lowest BCUT2D eigenvalue weighted by Crippen LogP contribution is -2.25. The third kappa shape index (κ3) is 4.47. The number of fused-ring (bicyclic) bond motifs is 1. The van der Waals surface area contributed by atoms with Crippen molar-refractivity contribution in [3.05, 3.63) is 76.6 Å². The van der Waals surface area contributed by atoms with Crippen molar-refractivity contribution in [3.8, 4) is 17.2 Å². The molecule has 2 aromatic heterocycles. The van der Waals surface area contributed by atoms with Crippen LogP contribution in [0.25, 0.3) is 16.7 Å². The van der Waals surface area contributed by atoms with Crippen molar-refractivity contribution in [1.29, 1.82) is 0 Å². The first-order valence-corrected chi connectivity index (χ1v) is 11.1. The number of non-ortho nitro benzene ring substituents is 1. The molecule has 0 aliphatic carbocycles. The lowest BCUT2D eigenvalue weighted by atomic mass is 10.2. The molecule has 0 aliphatic rings. The van der Waals surface area contributed by atoms with E-state index in [4.69, 9.17) is 9.47 Å². The second-order valence-corrected chi connectivity index (χ2v) is 8.63. The lowest BCUT2D eigenvalue weighted by Gasteiger charge is -2.14. The number of ether oxygens (including phenoxy) is 2. The molecular formula is C21H19N5O6S. The van der Waals surface area contributed by atoms with E-state index in [1.807, 2.05) is 0 Å². The molecule has 1 N–H and O–H groups in total. The highest BCUT2D eigenvalue weighted by atomic mass is 32.2. The first-order chi connectivity index (χ1) is 15.8. The molecule has 2 heterocycles. The van der Waals surface area contributed by atoms with Crippen LogP contribution in [-0.4, -0.2) is 42.3 Å². The van der Waals surface area contributed by atoms with Gasteiger partial charge in [-0.1, -0.05) is 6.07 Å². The van der Waals surface area contributed by atoms with Gasteiger partial charge in [0, 0.05) is 36.5 Å². The molecular weight excluding hydrogens is 450 g/mol. The Hall–Kier alpha value is -4.03. The Morgan fingerprint density at radius 3 is 2.61 bits per heavy atom. The zero-order chi connectivity index (χ0) is 23.6. The number of rotatable bonds is 8. The van der Waals surface area contributed by atoms with Crippen molar-refractivity contribution in [1.82, 2.24) is 19.5 Å². The molecule has 4 aromatic rings. The number of nitro benzene ring substituents is 1. The summed E-state index contributed by atoms with van der Waals surface area (Å²) in [4.78, 5) is 14.6. The van der Waals surface area contributed by atoms with Crippen molar-refractivity contribution in [2.24, 2.45) is 0 Å². The number of nitrogens with zero attached hydrogens (tertiary/aromatic N) is 4. The van der Waals surface area contributed by atoms with Crippen LogP contribution in [0.2, 0.25) is 0 Å². The van der Waals surface area contributed by atoms with Gasteiger partial charge in [0.1, 0.15) is 27.4 Å². The molecule has 0 saturated heterocycles. The van der Waals surface area contributed by atoms with E-state index in [0.29, 0.717) is 28.1 Å². The standard InChI is InChI=1S/C21H19N5O6S/c1-31-16-7-5-14(20(11-16)32-2)12-23-33(29,30)21-10-15(26(27)28)6-8-19(21)25-13-18-17(24-25)4-3-9-22-18/h3-11,13,23H,12H2,1-2H3. The average molecular weight is 469 g/mol. The third-order valence-corrected chi connectivity index (χ3v) is 6.34. The van der Waals surface area contributed by atoms with E-state index < -0.39 is 14.9 Å². The maximum absolute atomic E-state index is 13.3. The number of hydrogen-bond donors (Lipinski definition) is 1. The molecule has 0 aliphatic heterocycles. The molecule has 0 spiro atoms. The number of sulfonamides is 1. The fraction of sp³-hybridized carbons (Fsp3) is 0.143. The van der Waals surface area contributed by atoms with E-state index in [1.165, 1.54) is 31.0 Å². The monoisotopic (exact) mass is 469 g/mol. The van der Waals surface area contributed by atoms with E-state index in [-0.39, 0.29) is 22.8 Å². The fourth-order valence-corrected chi connectivity index (χ4v) is 4.46. The van der Waals surface area contributed by atoms with Gasteiger partial charge in [0.25, 0.3) is 5.69 Å². The number of nitrogens with one attached hydrogen (secondary N) is 1. The number of aromatic nitrogens is 3. The SMILES string of the molecule is COc1ccc(CNS(=O)(=O)c2cc([N+](=O)[O-])ccc2-n2cc3ncccc3n2)c(OC)c1. The second kappa shape index (κ2) is 8.84. The molecule has 4 rings (SSSR count). The van der Waals surface area contributed by atoms with Gasteiger partial charge in [-0.3, -0.25) is 15.1 Å². The zero-order valence-corrected chi connectivity index (χ0v) is 18.4. The highest BCUT2D eigenvalue weighted by Crippen LogP contribution is 2.28. The number of methoxy groups -OCH3 is 2. The summed E-state index contributed by atoms with van der Waals surface area (Å²) < 4.78 is 40.8. The molecule has 0 atom stereocenters. The number of pyridine rings is 1. The summed E-state index contributed by atoms with van der Waals surface area (Å²) in [6, 6.07) is 12.0. The Bertz CT molecular complexity index is 1420. The summed E-state index contributed by atoms with van der Waals surface area (Å²) in [6.45, 7) is -0.111. The van der Waals surface area contributed by atoms with Gasteiger partial charge in [-0.25, -0.2) is 17.8 Å². The molecule has 33 heavy (non-hydrogen) atoms. The predicted molar refractivity (Wildman–Crippen MR) is 119 cm³/mol. The van der Waals surface area contributed by atoms with Crippen molar-refractivity contribution in [2.45, 2.75) is 11.4 Å². The van der Waals surface area contributed by atoms with Gasteiger partial charge in [-0.2, -0.15) is 5.10 Å². The highest BCUT2D eigenvalue weighted by molar-refractivity contribution is 7.89.